The van der Waals surface area contributed by atoms with Gasteiger partial charge in [0.2, 0.25) is 0 Å². The van der Waals surface area contributed by atoms with Gasteiger partial charge in [0.15, 0.2) is 11.5 Å². The van der Waals surface area contributed by atoms with E-state index in [9.17, 15) is 5.11 Å². The number of hydrogen-bond acceptors (Lipinski definition) is 3. The third-order valence-corrected chi connectivity index (χ3v) is 4.01. The van der Waals surface area contributed by atoms with Crippen LogP contribution in [0, 0.1) is 6.92 Å². The van der Waals surface area contributed by atoms with Gasteiger partial charge in [-0.15, -0.1) is 10.2 Å². The minimum absolute atomic E-state index is 0.309. The van der Waals surface area contributed by atoms with Crippen molar-refractivity contribution in [3.63, 3.8) is 0 Å². The molecule has 4 nitrogen and oxygen atoms in total. The van der Waals surface area contributed by atoms with Crippen LogP contribution in [0.3, 0.4) is 0 Å². The molecule has 0 atom stereocenters. The highest BCUT2D eigenvalue weighted by Gasteiger charge is 2.08. The van der Waals surface area contributed by atoms with Crippen molar-refractivity contribution in [1.82, 2.24) is 14.6 Å². The summed E-state index contributed by atoms with van der Waals surface area (Å²) in [7, 11) is 0. The molecule has 1 N–H and O–H groups in total. The SMILES string of the molecule is CCCC=C(C=Cc1cccc(O)c1C)c1nnc2ccccn12. The molecule has 0 aliphatic carbocycles. The maximum absolute atomic E-state index is 9.86. The van der Waals surface area contributed by atoms with Crippen LogP contribution in [0.5, 0.6) is 5.75 Å². The molecule has 24 heavy (non-hydrogen) atoms. The van der Waals surface area contributed by atoms with Crippen molar-refractivity contribution in [1.29, 1.82) is 0 Å². The Kier molecular flexibility index (Phi) is 4.75. The number of benzene rings is 1. The van der Waals surface area contributed by atoms with Gasteiger partial charge >= 0.3 is 0 Å². The van der Waals surface area contributed by atoms with E-state index < -0.39 is 0 Å². The maximum atomic E-state index is 9.86. The van der Waals surface area contributed by atoms with E-state index in [-0.39, 0.29) is 0 Å². The number of fused-ring (bicyclic) bond motifs is 1. The third kappa shape index (κ3) is 3.23. The first kappa shape index (κ1) is 16.0. The largest absolute Gasteiger partial charge is 0.508 e. The summed E-state index contributed by atoms with van der Waals surface area (Å²) in [6.45, 7) is 4.07. The van der Waals surface area contributed by atoms with E-state index in [1.54, 1.807) is 6.07 Å². The molecule has 0 saturated carbocycles. The second-order valence-electron chi connectivity index (χ2n) is 5.73. The van der Waals surface area contributed by atoms with Crippen molar-refractivity contribution in [2.24, 2.45) is 0 Å². The fourth-order valence-electron chi connectivity index (χ4n) is 2.57. The van der Waals surface area contributed by atoms with Crippen molar-refractivity contribution in [2.45, 2.75) is 26.7 Å². The van der Waals surface area contributed by atoms with Crippen LogP contribution in [0.4, 0.5) is 0 Å². The summed E-state index contributed by atoms with van der Waals surface area (Å²) < 4.78 is 1.99. The van der Waals surface area contributed by atoms with Crippen LogP contribution in [0.1, 0.15) is 36.7 Å². The molecule has 0 fully saturated rings. The number of hydrogen-bond donors (Lipinski definition) is 1. The fraction of sp³-hybridized carbons (Fsp3) is 0.200. The number of aromatic hydroxyl groups is 1. The lowest BCUT2D eigenvalue weighted by molar-refractivity contribution is 0.471. The quantitative estimate of drug-likeness (QED) is 0.697. The van der Waals surface area contributed by atoms with Crippen molar-refractivity contribution < 1.29 is 5.11 Å². The van der Waals surface area contributed by atoms with E-state index >= 15 is 0 Å². The van der Waals surface area contributed by atoms with E-state index in [1.165, 1.54) is 0 Å². The number of nitrogens with zero attached hydrogens (tertiary/aromatic N) is 3. The lowest BCUT2D eigenvalue weighted by atomic mass is 10.1. The van der Waals surface area contributed by atoms with Crippen LogP contribution in [-0.2, 0) is 0 Å². The minimum atomic E-state index is 0.309. The average Bonchev–Trinajstić information content (AvgIpc) is 3.02. The first-order chi connectivity index (χ1) is 11.7. The number of phenols is 1. The summed E-state index contributed by atoms with van der Waals surface area (Å²) >= 11 is 0. The Bertz CT molecular complexity index is 906. The highest BCUT2D eigenvalue weighted by atomic mass is 16.3. The van der Waals surface area contributed by atoms with Crippen LogP contribution >= 0.6 is 0 Å². The second kappa shape index (κ2) is 7.13. The smallest absolute Gasteiger partial charge is 0.168 e. The van der Waals surface area contributed by atoms with E-state index in [4.69, 9.17) is 0 Å². The predicted octanol–water partition coefficient (Wildman–Crippen LogP) is 4.64. The van der Waals surface area contributed by atoms with E-state index in [0.29, 0.717) is 5.75 Å². The molecule has 0 radical (unpaired) electrons. The van der Waals surface area contributed by atoms with Gasteiger partial charge in [-0.2, -0.15) is 0 Å². The van der Waals surface area contributed by atoms with Gasteiger partial charge in [-0.25, -0.2) is 0 Å². The second-order valence-corrected chi connectivity index (χ2v) is 5.73. The summed E-state index contributed by atoms with van der Waals surface area (Å²) in [6.07, 6.45) is 10.2. The van der Waals surface area contributed by atoms with E-state index in [1.807, 2.05) is 60.0 Å². The Balaban J connectivity index is 2.01. The predicted molar refractivity (Wildman–Crippen MR) is 97.7 cm³/mol. The molecule has 4 heteroatoms. The van der Waals surface area contributed by atoms with Gasteiger partial charge in [0, 0.05) is 11.8 Å². The summed E-state index contributed by atoms with van der Waals surface area (Å²) in [5.74, 6) is 1.14. The molecule has 0 aliphatic rings. The molecule has 2 aromatic heterocycles. The highest BCUT2D eigenvalue weighted by molar-refractivity contribution is 5.77. The number of allylic oxidation sites excluding steroid dienone is 3. The Labute approximate surface area is 141 Å². The summed E-state index contributed by atoms with van der Waals surface area (Å²) in [4.78, 5) is 0. The topological polar surface area (TPSA) is 50.4 Å². The molecule has 3 aromatic rings. The van der Waals surface area contributed by atoms with Gasteiger partial charge in [0.1, 0.15) is 5.75 Å². The van der Waals surface area contributed by atoms with Crippen molar-refractivity contribution in [3.05, 3.63) is 71.7 Å². The molecular weight excluding hydrogens is 298 g/mol. The van der Waals surface area contributed by atoms with Crippen LogP contribution < -0.4 is 0 Å². The third-order valence-electron chi connectivity index (χ3n) is 4.01. The van der Waals surface area contributed by atoms with Crippen LogP contribution in [0.2, 0.25) is 0 Å². The first-order valence-corrected chi connectivity index (χ1v) is 8.17. The monoisotopic (exact) mass is 319 g/mol. The zero-order chi connectivity index (χ0) is 16.9. The molecule has 1 aromatic carbocycles. The van der Waals surface area contributed by atoms with Crippen LogP contribution in [-0.4, -0.2) is 19.7 Å². The zero-order valence-electron chi connectivity index (χ0n) is 14.0. The number of unbranched alkanes of at least 4 members (excludes halogenated alkanes) is 1. The summed E-state index contributed by atoms with van der Waals surface area (Å²) in [5, 5.41) is 18.4. The maximum Gasteiger partial charge on any atom is 0.168 e. The van der Waals surface area contributed by atoms with Crippen LogP contribution in [0.15, 0.2) is 54.7 Å². The van der Waals surface area contributed by atoms with Gasteiger partial charge in [-0.3, -0.25) is 4.40 Å². The fourth-order valence-corrected chi connectivity index (χ4v) is 2.57. The summed E-state index contributed by atoms with van der Waals surface area (Å²) in [5.41, 5.74) is 3.72. The standard InChI is InChI=1S/C20H21N3O/c1-3-4-8-17(13-12-16-9-7-10-18(24)15(16)2)20-22-21-19-11-5-6-14-23(19)20/h5-14,24H,3-4H2,1-2H3. The van der Waals surface area contributed by atoms with Gasteiger partial charge in [0.25, 0.3) is 0 Å². The molecule has 0 spiro atoms. The lowest BCUT2D eigenvalue weighted by Crippen LogP contribution is -1.92. The first-order valence-electron chi connectivity index (χ1n) is 8.17. The molecule has 122 valence electrons. The highest BCUT2D eigenvalue weighted by Crippen LogP contribution is 2.23. The average molecular weight is 319 g/mol. The normalized spacial score (nSPS) is 12.3. The number of pyridine rings is 1. The van der Waals surface area contributed by atoms with E-state index in [2.05, 4.69) is 23.2 Å². The lowest BCUT2D eigenvalue weighted by Gasteiger charge is -2.04. The number of phenolic OH excluding ortho intramolecular Hbond substituents is 1. The van der Waals surface area contributed by atoms with Gasteiger partial charge in [0.05, 0.1) is 0 Å². The summed E-state index contributed by atoms with van der Waals surface area (Å²) in [6, 6.07) is 11.4. The van der Waals surface area contributed by atoms with Crippen molar-refractivity contribution in [2.75, 3.05) is 0 Å². The molecule has 0 bridgehead atoms. The minimum Gasteiger partial charge on any atom is -0.508 e. The zero-order valence-corrected chi connectivity index (χ0v) is 14.0. The van der Waals surface area contributed by atoms with Gasteiger partial charge in [-0.05, 0) is 42.7 Å². The Morgan fingerprint density at radius 3 is 2.88 bits per heavy atom. The van der Waals surface area contributed by atoms with Crippen molar-refractivity contribution in [3.8, 4) is 5.75 Å². The number of aromatic nitrogens is 3. The molecule has 0 saturated heterocycles. The Hall–Kier alpha value is -2.88. The Morgan fingerprint density at radius 1 is 1.17 bits per heavy atom. The van der Waals surface area contributed by atoms with Gasteiger partial charge < -0.3 is 5.11 Å². The molecule has 3 rings (SSSR count). The van der Waals surface area contributed by atoms with Crippen molar-refractivity contribution >= 4 is 17.3 Å². The van der Waals surface area contributed by atoms with E-state index in [0.717, 1.165) is 41.0 Å². The Morgan fingerprint density at radius 2 is 2.04 bits per heavy atom. The molecule has 0 unspecified atom stereocenters. The van der Waals surface area contributed by atoms with Gasteiger partial charge in [-0.1, -0.05) is 49.8 Å². The molecular formula is C20H21N3O. The van der Waals surface area contributed by atoms with Crippen LogP contribution in [0.25, 0.3) is 17.3 Å². The molecule has 0 aliphatic heterocycles. The molecule has 0 amide bonds. The number of rotatable bonds is 5. The molecule has 2 heterocycles.